The van der Waals surface area contributed by atoms with Crippen LogP contribution in [-0.4, -0.2) is 71.3 Å². The number of nitrogens with one attached hydrogen (secondary N) is 1. The molecule has 0 radical (unpaired) electrons. The van der Waals surface area contributed by atoms with Gasteiger partial charge in [0.2, 0.25) is 5.82 Å². The summed E-state index contributed by atoms with van der Waals surface area (Å²) in [6, 6.07) is 5.53. The molecule has 0 atom stereocenters. The summed E-state index contributed by atoms with van der Waals surface area (Å²) in [6.45, 7) is 3.00. The van der Waals surface area contributed by atoms with Gasteiger partial charge in [0.15, 0.2) is 5.69 Å². The molecule has 1 aliphatic rings. The van der Waals surface area contributed by atoms with E-state index in [2.05, 4.69) is 15.2 Å². The van der Waals surface area contributed by atoms with Crippen LogP contribution in [0.15, 0.2) is 24.4 Å². The summed E-state index contributed by atoms with van der Waals surface area (Å²) in [5.74, 6) is -0.0729. The number of hydrogen-bond acceptors (Lipinski definition) is 4. The molecule has 7 nitrogen and oxygen atoms in total. The van der Waals surface area contributed by atoms with Crippen molar-refractivity contribution >= 4 is 17.3 Å². The van der Waals surface area contributed by atoms with Crippen LogP contribution in [0.3, 0.4) is 0 Å². The number of carbonyl (C=O) groups is 2. The van der Waals surface area contributed by atoms with E-state index in [0.29, 0.717) is 17.8 Å². The molecule has 7 heteroatoms. The second kappa shape index (κ2) is 7.65. The van der Waals surface area contributed by atoms with Crippen LogP contribution in [0.1, 0.15) is 40.4 Å². The van der Waals surface area contributed by atoms with Gasteiger partial charge in [-0.1, -0.05) is 6.07 Å². The van der Waals surface area contributed by atoms with Crippen LogP contribution in [0.4, 0.5) is 0 Å². The Kier molecular flexibility index (Phi) is 5.33. The highest BCUT2D eigenvalue weighted by molar-refractivity contribution is 6.02. The van der Waals surface area contributed by atoms with E-state index >= 15 is 0 Å². The first kappa shape index (κ1) is 17.4. The van der Waals surface area contributed by atoms with E-state index < -0.39 is 0 Å². The molecule has 25 heavy (non-hydrogen) atoms. The summed E-state index contributed by atoms with van der Waals surface area (Å²) in [6.07, 6.45) is 4.69. The van der Waals surface area contributed by atoms with E-state index in [1.54, 1.807) is 10.6 Å². The van der Waals surface area contributed by atoms with Crippen molar-refractivity contribution in [2.24, 2.45) is 0 Å². The maximum Gasteiger partial charge on any atom is 0.287 e. The molecular formula is C18H25N5O2. The average Bonchev–Trinajstić information content (AvgIpc) is 3.25. The largest absolute Gasteiger partial charge is 0.349 e. The summed E-state index contributed by atoms with van der Waals surface area (Å²) >= 11 is 0. The molecule has 2 aromatic rings. The van der Waals surface area contributed by atoms with Crippen molar-refractivity contribution in [2.45, 2.75) is 19.3 Å². The van der Waals surface area contributed by atoms with Gasteiger partial charge in [0, 0.05) is 25.8 Å². The molecule has 2 aromatic heterocycles. The predicted octanol–water partition coefficient (Wildman–Crippen LogP) is 1.25. The van der Waals surface area contributed by atoms with Crippen molar-refractivity contribution < 1.29 is 9.59 Å². The van der Waals surface area contributed by atoms with Crippen LogP contribution in [0.25, 0.3) is 5.52 Å². The van der Waals surface area contributed by atoms with E-state index in [4.69, 9.17) is 0 Å². The summed E-state index contributed by atoms with van der Waals surface area (Å²) in [5.41, 5.74) is 1.04. The average molecular weight is 343 g/mol. The number of fused-ring (bicyclic) bond motifs is 1. The van der Waals surface area contributed by atoms with Gasteiger partial charge in [0.25, 0.3) is 11.8 Å². The van der Waals surface area contributed by atoms with E-state index in [1.807, 2.05) is 37.2 Å². The fraction of sp³-hybridized carbons (Fsp3) is 0.500. The molecule has 134 valence electrons. The number of nitrogens with zero attached hydrogens (tertiary/aromatic N) is 4. The minimum atomic E-state index is -0.250. The molecule has 0 bridgehead atoms. The Balaban J connectivity index is 1.81. The van der Waals surface area contributed by atoms with E-state index in [-0.39, 0.29) is 17.6 Å². The first-order valence-electron chi connectivity index (χ1n) is 8.77. The maximum absolute atomic E-state index is 12.7. The zero-order valence-electron chi connectivity index (χ0n) is 14.9. The second-order valence-corrected chi connectivity index (χ2v) is 6.65. The summed E-state index contributed by atoms with van der Waals surface area (Å²) in [5, 5.41) is 2.89. The zero-order valence-corrected chi connectivity index (χ0v) is 14.9. The highest BCUT2D eigenvalue weighted by Crippen LogP contribution is 2.18. The van der Waals surface area contributed by atoms with Gasteiger partial charge in [-0.25, -0.2) is 4.98 Å². The van der Waals surface area contributed by atoms with Crippen molar-refractivity contribution in [1.82, 2.24) is 24.5 Å². The fourth-order valence-electron chi connectivity index (χ4n) is 3.10. The fourth-order valence-corrected chi connectivity index (χ4v) is 3.10. The number of aromatic nitrogens is 2. The number of carbonyl (C=O) groups excluding carboxylic acids is 2. The van der Waals surface area contributed by atoms with Crippen LogP contribution >= 0.6 is 0 Å². The number of amides is 2. The third-order valence-corrected chi connectivity index (χ3v) is 4.41. The Bertz CT molecular complexity index is 762. The monoisotopic (exact) mass is 343 g/mol. The van der Waals surface area contributed by atoms with Crippen LogP contribution in [0.2, 0.25) is 0 Å². The lowest BCUT2D eigenvalue weighted by Gasteiger charge is -2.13. The minimum absolute atomic E-state index is 0.0899. The topological polar surface area (TPSA) is 70.0 Å². The predicted molar refractivity (Wildman–Crippen MR) is 95.8 cm³/mol. The van der Waals surface area contributed by atoms with E-state index in [1.165, 1.54) is 0 Å². The molecule has 1 N–H and O–H groups in total. The number of likely N-dealkylation sites (tertiary alicyclic amines) is 1. The Hall–Kier alpha value is -2.41. The van der Waals surface area contributed by atoms with Crippen molar-refractivity contribution in [1.29, 1.82) is 0 Å². The molecular weight excluding hydrogens is 318 g/mol. The molecule has 0 aromatic carbocycles. The number of imidazole rings is 1. The van der Waals surface area contributed by atoms with Crippen LogP contribution in [-0.2, 0) is 0 Å². The first-order chi connectivity index (χ1) is 12.1. The molecule has 0 spiro atoms. The van der Waals surface area contributed by atoms with Crippen molar-refractivity contribution in [3.63, 3.8) is 0 Å². The summed E-state index contributed by atoms with van der Waals surface area (Å²) in [4.78, 5) is 33.6. The normalized spacial score (nSPS) is 14.4. The Labute approximate surface area is 147 Å². The van der Waals surface area contributed by atoms with Gasteiger partial charge >= 0.3 is 0 Å². The van der Waals surface area contributed by atoms with Gasteiger partial charge in [-0.2, -0.15) is 0 Å². The quantitative estimate of drug-likeness (QED) is 0.802. The lowest BCUT2D eigenvalue weighted by atomic mass is 10.3. The lowest BCUT2D eigenvalue weighted by Crippen LogP contribution is -2.29. The summed E-state index contributed by atoms with van der Waals surface area (Å²) in [7, 11) is 4.00. The van der Waals surface area contributed by atoms with Crippen LogP contribution in [0, 0.1) is 0 Å². The minimum Gasteiger partial charge on any atom is -0.349 e. The van der Waals surface area contributed by atoms with Crippen LogP contribution < -0.4 is 5.32 Å². The molecule has 0 unspecified atom stereocenters. The van der Waals surface area contributed by atoms with E-state index in [0.717, 1.165) is 38.9 Å². The van der Waals surface area contributed by atoms with Gasteiger partial charge in [-0.15, -0.1) is 0 Å². The number of pyridine rings is 1. The van der Waals surface area contributed by atoms with Crippen LogP contribution in [0.5, 0.6) is 0 Å². The Morgan fingerprint density at radius 3 is 2.72 bits per heavy atom. The zero-order chi connectivity index (χ0) is 17.8. The number of rotatable bonds is 6. The standard InChI is InChI=1S/C18H25N5O2/c1-21(2)10-7-9-19-17(24)16-20-15(14-8-3-4-13-23(14)16)18(25)22-11-5-6-12-22/h3-4,8,13H,5-7,9-12H2,1-2H3,(H,19,24). The Morgan fingerprint density at radius 1 is 1.24 bits per heavy atom. The lowest BCUT2D eigenvalue weighted by molar-refractivity contribution is 0.0789. The van der Waals surface area contributed by atoms with E-state index in [9.17, 15) is 9.59 Å². The van der Waals surface area contributed by atoms with Crippen molar-refractivity contribution in [3.8, 4) is 0 Å². The third-order valence-electron chi connectivity index (χ3n) is 4.41. The molecule has 3 rings (SSSR count). The highest BCUT2D eigenvalue weighted by Gasteiger charge is 2.26. The maximum atomic E-state index is 12.7. The Morgan fingerprint density at radius 2 is 2.00 bits per heavy atom. The molecule has 1 saturated heterocycles. The van der Waals surface area contributed by atoms with Gasteiger partial charge in [-0.3, -0.25) is 14.0 Å². The van der Waals surface area contributed by atoms with Gasteiger partial charge in [0.1, 0.15) is 0 Å². The molecule has 0 aliphatic carbocycles. The van der Waals surface area contributed by atoms with Gasteiger partial charge in [-0.05, 0) is 52.0 Å². The van der Waals surface area contributed by atoms with Crippen molar-refractivity contribution in [3.05, 3.63) is 35.9 Å². The molecule has 1 aliphatic heterocycles. The smallest absolute Gasteiger partial charge is 0.287 e. The second-order valence-electron chi connectivity index (χ2n) is 6.65. The molecule has 2 amide bonds. The SMILES string of the molecule is CN(C)CCCNC(=O)c1nc(C(=O)N2CCCC2)c2ccccn12. The van der Waals surface area contributed by atoms with Gasteiger partial charge in [0.05, 0.1) is 5.52 Å². The first-order valence-corrected chi connectivity index (χ1v) is 8.77. The molecule has 1 fully saturated rings. The molecule has 0 saturated carbocycles. The van der Waals surface area contributed by atoms with Gasteiger partial charge < -0.3 is 15.1 Å². The third kappa shape index (κ3) is 3.82. The summed E-state index contributed by atoms with van der Waals surface area (Å²) < 4.78 is 1.70. The molecule has 3 heterocycles. The highest BCUT2D eigenvalue weighted by atomic mass is 16.2. The van der Waals surface area contributed by atoms with Crippen molar-refractivity contribution in [2.75, 3.05) is 40.3 Å². The number of hydrogen-bond donors (Lipinski definition) is 1.